The molecule has 0 aliphatic heterocycles. The van der Waals surface area contributed by atoms with Gasteiger partial charge in [0.15, 0.2) is 0 Å². The molecule has 5 rings (SSSR count). The zero-order valence-corrected chi connectivity index (χ0v) is 19.0. The molecular weight excluding hydrogens is 452 g/mol. The number of benzene rings is 3. The second kappa shape index (κ2) is 9.64. The third-order valence-electron chi connectivity index (χ3n) is 5.74. The van der Waals surface area contributed by atoms with Gasteiger partial charge in [-0.05, 0) is 53.6 Å². The summed E-state index contributed by atoms with van der Waals surface area (Å²) in [7, 11) is 0. The molecule has 0 aliphatic rings. The highest BCUT2D eigenvalue weighted by molar-refractivity contribution is 6.04. The fourth-order valence-corrected chi connectivity index (χ4v) is 4.05. The van der Waals surface area contributed by atoms with Gasteiger partial charge in [-0.15, -0.1) is 0 Å². The lowest BCUT2D eigenvalue weighted by atomic mass is 10.1. The molecule has 0 saturated carbocycles. The summed E-state index contributed by atoms with van der Waals surface area (Å²) >= 11 is 0. The van der Waals surface area contributed by atoms with Crippen LogP contribution in [0.2, 0.25) is 0 Å². The Bertz CT molecular complexity index is 1580. The van der Waals surface area contributed by atoms with Crippen molar-refractivity contribution >= 4 is 58.0 Å². The topological polar surface area (TPSA) is 100 Å². The molecule has 0 radical (unpaired) electrons. The largest absolute Gasteiger partial charge is 0.478 e. The van der Waals surface area contributed by atoms with Crippen LogP contribution in [0.3, 0.4) is 0 Å². The zero-order chi connectivity index (χ0) is 25.1. The number of nitrogens with zero attached hydrogens (tertiary/aromatic N) is 2. The molecule has 6 nitrogen and oxygen atoms in total. The third kappa shape index (κ3) is 4.74. The Hall–Kier alpha value is -5.10. The van der Waals surface area contributed by atoms with E-state index in [1.54, 1.807) is 60.7 Å². The molecule has 0 atom stereocenters. The second-order valence-electron chi connectivity index (χ2n) is 8.17. The van der Waals surface area contributed by atoms with Gasteiger partial charge in [-0.3, -0.25) is 0 Å². The minimum Gasteiger partial charge on any atom is -0.478 e. The maximum atomic E-state index is 11.7. The quantitative estimate of drug-likeness (QED) is 0.292. The van der Waals surface area contributed by atoms with Crippen molar-refractivity contribution in [3.8, 4) is 0 Å². The first-order chi connectivity index (χ1) is 17.5. The first-order valence-electron chi connectivity index (χ1n) is 11.2. The van der Waals surface area contributed by atoms with Gasteiger partial charge in [0, 0.05) is 10.8 Å². The van der Waals surface area contributed by atoms with Crippen LogP contribution in [0, 0.1) is 0 Å². The number of pyridine rings is 2. The molecule has 0 aliphatic carbocycles. The standard InChI is InChI=1S/C30H20N2O4/c33-29(34)25-17-21(31-27-10-3-1-8-23(25)27)14-12-19-6-5-7-20(16-19)13-15-22-18-26(30(35)36)24-9-2-4-11-28(24)32-22/h1-18H,(H,33,34)(H,35,36). The van der Waals surface area contributed by atoms with Gasteiger partial charge in [-0.2, -0.15) is 0 Å². The van der Waals surface area contributed by atoms with Crippen molar-refractivity contribution in [2.24, 2.45) is 0 Å². The van der Waals surface area contributed by atoms with E-state index >= 15 is 0 Å². The summed E-state index contributed by atoms with van der Waals surface area (Å²) in [6.07, 6.45) is 7.31. The highest BCUT2D eigenvalue weighted by Crippen LogP contribution is 2.22. The van der Waals surface area contributed by atoms with E-state index in [9.17, 15) is 19.8 Å². The van der Waals surface area contributed by atoms with Crippen molar-refractivity contribution in [1.29, 1.82) is 0 Å². The van der Waals surface area contributed by atoms with E-state index < -0.39 is 11.9 Å². The lowest BCUT2D eigenvalue weighted by Crippen LogP contribution is -2.00. The number of carboxylic acid groups (broad SMARTS) is 2. The molecular formula is C30H20N2O4. The van der Waals surface area contributed by atoms with E-state index in [1.165, 1.54) is 0 Å². The molecule has 36 heavy (non-hydrogen) atoms. The predicted molar refractivity (Wildman–Crippen MR) is 142 cm³/mol. The van der Waals surface area contributed by atoms with E-state index in [1.807, 2.05) is 48.6 Å². The molecule has 174 valence electrons. The SMILES string of the molecule is O=C(O)c1cc(C=Cc2cccc(C=Cc3cc(C(=O)O)c4ccccc4n3)c2)nc2ccccc12. The summed E-state index contributed by atoms with van der Waals surface area (Å²) in [5.41, 5.74) is 4.57. The first-order valence-corrected chi connectivity index (χ1v) is 11.2. The fraction of sp³-hybridized carbons (Fsp3) is 0. The summed E-state index contributed by atoms with van der Waals surface area (Å²) in [6, 6.07) is 25.2. The Morgan fingerprint density at radius 2 is 1.00 bits per heavy atom. The summed E-state index contributed by atoms with van der Waals surface area (Å²) in [6.45, 7) is 0. The minimum atomic E-state index is -0.997. The van der Waals surface area contributed by atoms with Crippen LogP contribution < -0.4 is 0 Å². The summed E-state index contributed by atoms with van der Waals surface area (Å²) in [4.78, 5) is 32.5. The van der Waals surface area contributed by atoms with Crippen LogP contribution in [-0.2, 0) is 0 Å². The molecule has 2 heterocycles. The summed E-state index contributed by atoms with van der Waals surface area (Å²) in [5, 5.41) is 20.4. The lowest BCUT2D eigenvalue weighted by molar-refractivity contribution is 0.0688. The van der Waals surface area contributed by atoms with E-state index in [0.29, 0.717) is 33.2 Å². The van der Waals surface area contributed by atoms with Crippen LogP contribution in [0.1, 0.15) is 43.2 Å². The minimum absolute atomic E-state index is 0.209. The number of hydrogen-bond donors (Lipinski definition) is 2. The van der Waals surface area contributed by atoms with Gasteiger partial charge in [0.25, 0.3) is 0 Å². The average Bonchev–Trinajstić information content (AvgIpc) is 2.89. The number of carboxylic acids is 2. The smallest absolute Gasteiger partial charge is 0.336 e. The van der Waals surface area contributed by atoms with Crippen molar-refractivity contribution in [3.63, 3.8) is 0 Å². The number of hydrogen-bond acceptors (Lipinski definition) is 4. The normalized spacial score (nSPS) is 11.6. The number of rotatable bonds is 6. The molecule has 2 aromatic heterocycles. The van der Waals surface area contributed by atoms with Gasteiger partial charge in [0.1, 0.15) is 0 Å². The van der Waals surface area contributed by atoms with Gasteiger partial charge in [0.2, 0.25) is 0 Å². The molecule has 6 heteroatoms. The molecule has 5 aromatic rings. The Morgan fingerprint density at radius 1 is 0.556 bits per heavy atom. The van der Waals surface area contributed by atoms with Crippen molar-refractivity contribution < 1.29 is 19.8 Å². The monoisotopic (exact) mass is 472 g/mol. The van der Waals surface area contributed by atoms with Crippen LogP contribution in [0.25, 0.3) is 46.1 Å². The van der Waals surface area contributed by atoms with Crippen molar-refractivity contribution in [3.05, 3.63) is 119 Å². The zero-order valence-electron chi connectivity index (χ0n) is 19.0. The van der Waals surface area contributed by atoms with Gasteiger partial charge in [-0.1, -0.05) is 66.7 Å². The summed E-state index contributed by atoms with van der Waals surface area (Å²) < 4.78 is 0. The highest BCUT2D eigenvalue weighted by atomic mass is 16.4. The number of aromatic carboxylic acids is 2. The maximum absolute atomic E-state index is 11.7. The van der Waals surface area contributed by atoms with Gasteiger partial charge in [0.05, 0.1) is 33.5 Å². The lowest BCUT2D eigenvalue weighted by Gasteiger charge is -2.04. The molecule has 0 unspecified atom stereocenters. The van der Waals surface area contributed by atoms with Crippen LogP contribution >= 0.6 is 0 Å². The molecule has 0 spiro atoms. The number of aromatic nitrogens is 2. The fourth-order valence-electron chi connectivity index (χ4n) is 4.05. The molecule has 0 amide bonds. The van der Waals surface area contributed by atoms with E-state index in [4.69, 9.17) is 0 Å². The average molecular weight is 473 g/mol. The van der Waals surface area contributed by atoms with Gasteiger partial charge < -0.3 is 10.2 Å². The Balaban J connectivity index is 1.43. The highest BCUT2D eigenvalue weighted by Gasteiger charge is 2.11. The first kappa shape index (κ1) is 22.7. The van der Waals surface area contributed by atoms with E-state index in [2.05, 4.69) is 9.97 Å². The molecule has 0 bridgehead atoms. The molecule has 3 aromatic carbocycles. The van der Waals surface area contributed by atoms with Crippen molar-refractivity contribution in [2.45, 2.75) is 0 Å². The number of para-hydroxylation sites is 2. The van der Waals surface area contributed by atoms with E-state index in [0.717, 1.165) is 11.1 Å². The Morgan fingerprint density at radius 3 is 1.44 bits per heavy atom. The van der Waals surface area contributed by atoms with Crippen LogP contribution in [0.4, 0.5) is 0 Å². The second-order valence-corrected chi connectivity index (χ2v) is 8.17. The maximum Gasteiger partial charge on any atom is 0.336 e. The van der Waals surface area contributed by atoms with Gasteiger partial charge in [-0.25, -0.2) is 19.6 Å². The number of fused-ring (bicyclic) bond motifs is 2. The molecule has 2 N–H and O–H groups in total. The Labute approximate surface area is 206 Å². The van der Waals surface area contributed by atoms with E-state index in [-0.39, 0.29) is 11.1 Å². The van der Waals surface area contributed by atoms with Crippen LogP contribution in [0.5, 0.6) is 0 Å². The summed E-state index contributed by atoms with van der Waals surface area (Å²) in [5.74, 6) is -1.99. The Kier molecular flexibility index (Phi) is 6.07. The molecule has 0 fully saturated rings. The van der Waals surface area contributed by atoms with Crippen LogP contribution in [-0.4, -0.2) is 32.1 Å². The third-order valence-corrected chi connectivity index (χ3v) is 5.74. The van der Waals surface area contributed by atoms with Crippen molar-refractivity contribution in [2.75, 3.05) is 0 Å². The van der Waals surface area contributed by atoms with Gasteiger partial charge >= 0.3 is 11.9 Å². The number of carbonyl (C=O) groups is 2. The van der Waals surface area contributed by atoms with Crippen molar-refractivity contribution in [1.82, 2.24) is 9.97 Å². The molecule has 0 saturated heterocycles. The predicted octanol–water partition coefficient (Wildman–Crippen LogP) is 6.52. The van der Waals surface area contributed by atoms with Crippen LogP contribution in [0.15, 0.2) is 84.9 Å².